The monoisotopic (exact) mass is 548 g/mol. The van der Waals surface area contributed by atoms with E-state index >= 15 is 0 Å². The highest BCUT2D eigenvalue weighted by atomic mass is 32.2. The van der Waals surface area contributed by atoms with Crippen LogP contribution in [0.2, 0.25) is 0 Å². The maximum absolute atomic E-state index is 13.5. The van der Waals surface area contributed by atoms with Gasteiger partial charge in [-0.3, -0.25) is 9.10 Å². The van der Waals surface area contributed by atoms with Crippen LogP contribution >= 0.6 is 0 Å². The predicted octanol–water partition coefficient (Wildman–Crippen LogP) is 5.39. The number of nitriles is 1. The Morgan fingerprint density at radius 1 is 1.21 bits per heavy atom. The van der Waals surface area contributed by atoms with E-state index in [9.17, 15) is 18.7 Å². The summed E-state index contributed by atoms with van der Waals surface area (Å²) < 4.78 is 39.9. The first kappa shape index (κ1) is 27.8. The molecule has 2 heterocycles. The average Bonchev–Trinajstić information content (AvgIpc) is 3.32. The van der Waals surface area contributed by atoms with E-state index in [0.717, 1.165) is 5.56 Å². The number of hydrogen-bond acceptors (Lipinski definition) is 6. The predicted molar refractivity (Wildman–Crippen MR) is 149 cm³/mol. The van der Waals surface area contributed by atoms with Gasteiger partial charge in [0.1, 0.15) is 40.2 Å². The van der Waals surface area contributed by atoms with Gasteiger partial charge in [0.05, 0.1) is 23.1 Å². The van der Waals surface area contributed by atoms with Crippen molar-refractivity contribution in [1.82, 2.24) is 10.3 Å². The number of nitrogens with zero attached hydrogens (tertiary/aromatic N) is 3. The first-order chi connectivity index (χ1) is 18.9. The Hall–Kier alpha value is -4.23. The molecule has 0 fully saturated rings. The van der Waals surface area contributed by atoms with Crippen molar-refractivity contribution in [3.8, 4) is 23.1 Å². The Balaban J connectivity index is 1.61. The van der Waals surface area contributed by atoms with Crippen molar-refractivity contribution >= 4 is 33.8 Å². The van der Waals surface area contributed by atoms with Crippen LogP contribution < -0.4 is 14.4 Å². The molecule has 1 unspecified atom stereocenters. The van der Waals surface area contributed by atoms with Crippen LogP contribution in [0.4, 0.5) is 10.2 Å². The lowest BCUT2D eigenvalue weighted by Crippen LogP contribution is -2.28. The number of rotatable bonds is 11. The molecule has 0 bridgehead atoms. The third kappa shape index (κ3) is 6.10. The number of hydrogen-bond donors (Lipinski definition) is 1. The van der Waals surface area contributed by atoms with Gasteiger partial charge in [0.15, 0.2) is 0 Å². The molecule has 0 aliphatic rings. The number of amides is 1. The van der Waals surface area contributed by atoms with Gasteiger partial charge >= 0.3 is 0 Å². The van der Waals surface area contributed by atoms with Crippen molar-refractivity contribution in [2.45, 2.75) is 26.2 Å². The minimum atomic E-state index is -1.38. The maximum Gasteiger partial charge on any atom is 0.255 e. The molecule has 1 atom stereocenters. The van der Waals surface area contributed by atoms with Crippen LogP contribution in [0.1, 0.15) is 41.3 Å². The van der Waals surface area contributed by atoms with Gasteiger partial charge in [0.2, 0.25) is 5.71 Å². The van der Waals surface area contributed by atoms with Gasteiger partial charge in [-0.2, -0.15) is 10.2 Å². The molecule has 202 valence electrons. The van der Waals surface area contributed by atoms with E-state index in [1.165, 1.54) is 19.2 Å². The van der Waals surface area contributed by atoms with Gasteiger partial charge in [-0.25, -0.2) is 8.60 Å². The second kappa shape index (κ2) is 12.5. The summed E-state index contributed by atoms with van der Waals surface area (Å²) in [6.45, 7) is 2.82. The molecular weight excluding hydrogens is 519 g/mol. The number of halogens is 1. The molecule has 4 rings (SSSR count). The van der Waals surface area contributed by atoms with Crippen molar-refractivity contribution in [1.29, 1.82) is 5.26 Å². The number of ether oxygens (including phenoxy) is 1. The number of para-hydroxylation sites is 1. The van der Waals surface area contributed by atoms with Crippen LogP contribution in [0.25, 0.3) is 22.4 Å². The minimum absolute atomic E-state index is 0.229. The Morgan fingerprint density at radius 3 is 2.62 bits per heavy atom. The summed E-state index contributed by atoms with van der Waals surface area (Å²) in [4.78, 5) is 17.6. The number of aryl methyl sites for hydroxylation is 1. The van der Waals surface area contributed by atoms with E-state index < -0.39 is 16.8 Å². The van der Waals surface area contributed by atoms with Crippen molar-refractivity contribution in [2.75, 3.05) is 30.8 Å². The normalized spacial score (nSPS) is 11.7. The van der Waals surface area contributed by atoms with Crippen molar-refractivity contribution in [3.63, 3.8) is 0 Å². The van der Waals surface area contributed by atoms with E-state index in [0.29, 0.717) is 66.1 Å². The highest BCUT2D eigenvalue weighted by molar-refractivity contribution is 7.85. The number of carbonyl (C=O) groups is 1. The summed E-state index contributed by atoms with van der Waals surface area (Å²) in [5.41, 5.74) is 2.38. The summed E-state index contributed by atoms with van der Waals surface area (Å²) in [5.74, 6) is 0.599. The molecule has 0 spiro atoms. The summed E-state index contributed by atoms with van der Waals surface area (Å²) in [5, 5.41) is 12.4. The number of aromatic nitrogens is 1. The zero-order chi connectivity index (χ0) is 27.9. The molecular formula is C29H29FN4O4S. The van der Waals surface area contributed by atoms with Crippen LogP contribution in [0.3, 0.4) is 0 Å². The Kier molecular flexibility index (Phi) is 8.94. The van der Waals surface area contributed by atoms with E-state index in [-0.39, 0.29) is 17.4 Å². The second-order valence-corrected chi connectivity index (χ2v) is 10.0. The average molecular weight is 549 g/mol. The highest BCUT2D eigenvalue weighted by Crippen LogP contribution is 2.36. The molecule has 39 heavy (non-hydrogen) atoms. The molecule has 2 aromatic heterocycles. The summed E-state index contributed by atoms with van der Waals surface area (Å²) in [7, 11) is 0.152. The summed E-state index contributed by atoms with van der Waals surface area (Å²) >= 11 is 0. The molecule has 2 aromatic carbocycles. The quantitative estimate of drug-likeness (QED) is 0.252. The largest absolute Gasteiger partial charge is 0.492 e. The molecule has 8 nitrogen and oxygen atoms in total. The lowest BCUT2D eigenvalue weighted by atomic mass is 10.0. The lowest BCUT2D eigenvalue weighted by molar-refractivity contribution is 0.0964. The van der Waals surface area contributed by atoms with Gasteiger partial charge in [0.25, 0.3) is 5.91 Å². The number of pyridine rings is 1. The van der Waals surface area contributed by atoms with E-state index in [2.05, 4.69) is 11.4 Å². The molecule has 0 aliphatic heterocycles. The number of furan rings is 1. The third-order valence-corrected chi connectivity index (χ3v) is 7.22. The molecule has 0 radical (unpaired) electrons. The number of benzene rings is 2. The lowest BCUT2D eigenvalue weighted by Gasteiger charge is -2.23. The molecule has 0 saturated heterocycles. The van der Waals surface area contributed by atoms with Gasteiger partial charge in [-0.1, -0.05) is 19.1 Å². The number of unbranched alkanes of at least 4 members (excludes halogenated alkanes) is 1. The fraction of sp³-hybridized carbons (Fsp3) is 0.276. The number of anilines is 1. The van der Waals surface area contributed by atoms with E-state index in [1.54, 1.807) is 40.9 Å². The van der Waals surface area contributed by atoms with E-state index in [4.69, 9.17) is 14.1 Å². The Bertz CT molecular complexity index is 1550. The van der Waals surface area contributed by atoms with Crippen molar-refractivity contribution in [3.05, 3.63) is 77.1 Å². The van der Waals surface area contributed by atoms with Gasteiger partial charge < -0.3 is 14.5 Å². The first-order valence-corrected chi connectivity index (χ1v) is 14.1. The SMILES string of the molecule is CCc1cc2c(C(=O)NC)c(-c3ccc(F)cc3)oc2nc1N(CCCCOc1ccccc1C#N)S(C)=O. The highest BCUT2D eigenvalue weighted by Gasteiger charge is 2.25. The van der Waals surface area contributed by atoms with Crippen molar-refractivity contribution < 1.29 is 22.5 Å². The fourth-order valence-corrected chi connectivity index (χ4v) is 5.06. The molecule has 0 aliphatic carbocycles. The van der Waals surface area contributed by atoms with E-state index in [1.807, 2.05) is 19.1 Å². The van der Waals surface area contributed by atoms with Crippen LogP contribution in [0.15, 0.2) is 59.0 Å². The first-order valence-electron chi connectivity index (χ1n) is 12.5. The molecule has 10 heteroatoms. The fourth-order valence-electron chi connectivity index (χ4n) is 4.27. The summed E-state index contributed by atoms with van der Waals surface area (Å²) in [6.07, 6.45) is 3.52. The van der Waals surface area contributed by atoms with Crippen LogP contribution in [-0.2, 0) is 17.4 Å². The van der Waals surface area contributed by atoms with Gasteiger partial charge in [0, 0.05) is 25.4 Å². The third-order valence-electron chi connectivity index (χ3n) is 6.25. The maximum atomic E-state index is 13.5. The van der Waals surface area contributed by atoms with Gasteiger partial charge in [-0.05, 0) is 67.3 Å². The van der Waals surface area contributed by atoms with Crippen molar-refractivity contribution in [2.24, 2.45) is 0 Å². The number of carbonyl (C=O) groups excluding carboxylic acids is 1. The zero-order valence-corrected chi connectivity index (χ0v) is 22.8. The Labute approximate surface area is 229 Å². The molecule has 0 saturated carbocycles. The summed E-state index contributed by atoms with van der Waals surface area (Å²) in [6, 6.07) is 16.7. The number of nitrogens with one attached hydrogen (secondary N) is 1. The zero-order valence-electron chi connectivity index (χ0n) is 22.0. The van der Waals surface area contributed by atoms with Crippen LogP contribution in [0, 0.1) is 17.1 Å². The van der Waals surface area contributed by atoms with Crippen LogP contribution in [-0.4, -0.2) is 41.6 Å². The van der Waals surface area contributed by atoms with Gasteiger partial charge in [-0.15, -0.1) is 0 Å². The standard InChI is InChI=1S/C29H29FN4O4S/c1-4-19-17-23-25(28(35)32-2)26(20-11-13-22(30)14-12-20)38-29(23)33-27(19)34(39(3)36)15-7-8-16-37-24-10-6-5-9-21(24)18-31/h5-6,9-14,17H,4,7-8,15-16H2,1-3H3,(H,32,35). The second-order valence-electron chi connectivity index (χ2n) is 8.76. The van der Waals surface area contributed by atoms with Crippen LogP contribution in [0.5, 0.6) is 5.75 Å². The molecule has 4 aromatic rings. The smallest absolute Gasteiger partial charge is 0.255 e. The number of fused-ring (bicyclic) bond motifs is 1. The topological polar surface area (TPSA) is 108 Å². The molecule has 1 amide bonds. The molecule has 1 N–H and O–H groups in total. The Morgan fingerprint density at radius 2 is 1.95 bits per heavy atom. The minimum Gasteiger partial charge on any atom is -0.492 e.